The first-order valence-electron chi connectivity index (χ1n) is 14.4. The number of hydrogen-bond donors (Lipinski definition) is 1. The van der Waals surface area contributed by atoms with Crippen molar-refractivity contribution in [3.05, 3.63) is 71.3 Å². The minimum Gasteiger partial charge on any atom is -0.507 e. The highest BCUT2D eigenvalue weighted by Crippen LogP contribution is 2.46. The molecule has 2 aliphatic heterocycles. The number of aliphatic hydroxyl groups is 1. The molecule has 6 rings (SSSR count). The van der Waals surface area contributed by atoms with Gasteiger partial charge >= 0.3 is 5.91 Å². The van der Waals surface area contributed by atoms with Gasteiger partial charge in [0.1, 0.15) is 24.7 Å². The minimum atomic E-state index is -1.01. The maximum Gasteiger partial charge on any atom is 0.301 e. The van der Waals surface area contributed by atoms with Crippen molar-refractivity contribution in [1.29, 1.82) is 0 Å². The number of unbranched alkanes of at least 4 members (excludes halogenated alkanes) is 2. The van der Waals surface area contributed by atoms with E-state index in [-0.39, 0.29) is 11.3 Å². The van der Waals surface area contributed by atoms with Crippen LogP contribution in [0, 0.1) is 0 Å². The molecule has 1 aromatic heterocycles. The lowest BCUT2D eigenvalue weighted by Gasteiger charge is -2.24. The van der Waals surface area contributed by atoms with Gasteiger partial charge in [-0.1, -0.05) is 37.2 Å². The number of aromatic nitrogens is 1. The summed E-state index contributed by atoms with van der Waals surface area (Å²) in [6.45, 7) is 3.42. The summed E-state index contributed by atoms with van der Waals surface area (Å²) in [5.74, 6) is 0.628. The Balaban J connectivity index is 1.48. The Morgan fingerprint density at radius 3 is 2.57 bits per heavy atom. The average Bonchev–Trinajstić information content (AvgIpc) is 3.59. The number of nitrogens with zero attached hydrogens (tertiary/aromatic N) is 2. The first-order valence-corrected chi connectivity index (χ1v) is 15.2. The molecular weight excluding hydrogens is 584 g/mol. The molecule has 1 fully saturated rings. The van der Waals surface area contributed by atoms with Crippen LogP contribution in [0.15, 0.2) is 60.2 Å². The molecule has 0 bridgehead atoms. The summed E-state index contributed by atoms with van der Waals surface area (Å²) in [5.41, 5.74) is 1.42. The highest BCUT2D eigenvalue weighted by Gasteiger charge is 2.48. The number of aliphatic hydroxyl groups excluding tert-OH is 1. The lowest BCUT2D eigenvalue weighted by atomic mass is 9.95. The van der Waals surface area contributed by atoms with Crippen molar-refractivity contribution in [2.24, 2.45) is 0 Å². The first kappa shape index (κ1) is 29.3. The number of hydrogen-bond acceptors (Lipinski definition) is 10. The summed E-state index contributed by atoms with van der Waals surface area (Å²) < 4.78 is 29.1. The number of benzene rings is 3. The number of anilines is 1. The van der Waals surface area contributed by atoms with E-state index in [9.17, 15) is 14.7 Å². The molecule has 1 atom stereocenters. The molecule has 1 unspecified atom stereocenters. The molecule has 0 aliphatic carbocycles. The molecule has 2 aliphatic rings. The summed E-state index contributed by atoms with van der Waals surface area (Å²) >= 11 is 1.25. The number of Topliss-reactive ketones (excluding diaryl/α,β-unsaturated/α-hetero) is 1. The lowest BCUT2D eigenvalue weighted by Crippen LogP contribution is -2.29. The number of ether oxygens (including phenoxy) is 5. The summed E-state index contributed by atoms with van der Waals surface area (Å²) in [7, 11) is 3.11. The van der Waals surface area contributed by atoms with Gasteiger partial charge in [0.05, 0.1) is 42.7 Å². The normalized spacial score (nSPS) is 17.2. The number of amides is 1. The van der Waals surface area contributed by atoms with Gasteiger partial charge in [0.15, 0.2) is 28.1 Å². The van der Waals surface area contributed by atoms with Gasteiger partial charge in [-0.05, 0) is 60.5 Å². The lowest BCUT2D eigenvalue weighted by molar-refractivity contribution is -0.132. The molecule has 10 nitrogen and oxygen atoms in total. The van der Waals surface area contributed by atoms with E-state index < -0.39 is 17.7 Å². The summed E-state index contributed by atoms with van der Waals surface area (Å²) in [5, 5.41) is 12.0. The van der Waals surface area contributed by atoms with Gasteiger partial charge in [0, 0.05) is 5.56 Å². The van der Waals surface area contributed by atoms with Crippen molar-refractivity contribution in [2.75, 3.05) is 38.9 Å². The van der Waals surface area contributed by atoms with Crippen LogP contribution in [0.1, 0.15) is 43.4 Å². The Morgan fingerprint density at radius 2 is 1.80 bits per heavy atom. The maximum atomic E-state index is 13.8. The fourth-order valence-electron chi connectivity index (χ4n) is 5.32. The third-order valence-electron chi connectivity index (χ3n) is 7.56. The molecule has 1 amide bonds. The molecule has 1 saturated heterocycles. The summed E-state index contributed by atoms with van der Waals surface area (Å²) in [6.07, 6.45) is 3.02. The van der Waals surface area contributed by atoms with E-state index in [1.807, 2.05) is 6.07 Å². The van der Waals surface area contributed by atoms with E-state index in [0.29, 0.717) is 70.3 Å². The summed E-state index contributed by atoms with van der Waals surface area (Å²) in [4.78, 5) is 33.5. The zero-order valence-corrected chi connectivity index (χ0v) is 25.4. The number of fused-ring (bicyclic) bond motifs is 2. The molecular formula is C33H32N2O8S. The average molecular weight is 617 g/mol. The Morgan fingerprint density at radius 1 is 0.977 bits per heavy atom. The number of methoxy groups -OCH3 is 2. The zero-order chi connectivity index (χ0) is 30.8. The molecule has 11 heteroatoms. The Hall–Kier alpha value is -4.77. The molecule has 228 valence electrons. The number of carbonyl (C=O) groups excluding carboxylic acids is 2. The van der Waals surface area contributed by atoms with E-state index in [0.717, 1.165) is 24.0 Å². The van der Waals surface area contributed by atoms with Gasteiger partial charge in [0.2, 0.25) is 0 Å². The fraction of sp³-hybridized carbons (Fsp3) is 0.303. The highest BCUT2D eigenvalue weighted by atomic mass is 32.1. The third kappa shape index (κ3) is 5.39. The van der Waals surface area contributed by atoms with Crippen molar-refractivity contribution in [1.82, 2.24) is 4.98 Å². The van der Waals surface area contributed by atoms with Crippen LogP contribution in [0.2, 0.25) is 0 Å². The van der Waals surface area contributed by atoms with Crippen molar-refractivity contribution >= 4 is 44.1 Å². The monoisotopic (exact) mass is 616 g/mol. The number of carbonyl (C=O) groups is 2. The van der Waals surface area contributed by atoms with Gasteiger partial charge in [0.25, 0.3) is 5.78 Å². The largest absolute Gasteiger partial charge is 0.507 e. The van der Waals surface area contributed by atoms with Gasteiger partial charge in [-0.25, -0.2) is 4.98 Å². The fourth-order valence-corrected chi connectivity index (χ4v) is 6.34. The third-order valence-corrected chi connectivity index (χ3v) is 8.58. The molecule has 3 heterocycles. The van der Waals surface area contributed by atoms with Crippen LogP contribution in [-0.2, 0) is 9.59 Å². The molecule has 1 N–H and O–H groups in total. The van der Waals surface area contributed by atoms with Gasteiger partial charge < -0.3 is 28.8 Å². The topological polar surface area (TPSA) is 117 Å². The second-order valence-electron chi connectivity index (χ2n) is 10.3. The van der Waals surface area contributed by atoms with Gasteiger partial charge in [-0.3, -0.25) is 14.5 Å². The predicted molar refractivity (Wildman–Crippen MR) is 166 cm³/mol. The maximum absolute atomic E-state index is 13.8. The van der Waals surface area contributed by atoms with Crippen molar-refractivity contribution in [3.63, 3.8) is 0 Å². The van der Waals surface area contributed by atoms with Crippen LogP contribution < -0.4 is 28.6 Å². The number of rotatable bonds is 10. The zero-order valence-electron chi connectivity index (χ0n) is 24.6. The first-order chi connectivity index (χ1) is 21.4. The van der Waals surface area contributed by atoms with Gasteiger partial charge in [-0.15, -0.1) is 0 Å². The van der Waals surface area contributed by atoms with Crippen molar-refractivity contribution in [2.45, 2.75) is 32.2 Å². The van der Waals surface area contributed by atoms with Gasteiger partial charge in [-0.2, -0.15) is 0 Å². The smallest absolute Gasteiger partial charge is 0.301 e. The van der Waals surface area contributed by atoms with E-state index >= 15 is 0 Å². The molecule has 0 saturated carbocycles. The summed E-state index contributed by atoms with van der Waals surface area (Å²) in [6, 6.07) is 14.6. The van der Waals surface area contributed by atoms with E-state index in [1.165, 1.54) is 23.3 Å². The van der Waals surface area contributed by atoms with Crippen molar-refractivity contribution < 1.29 is 38.4 Å². The number of ketones is 1. The van der Waals surface area contributed by atoms with Crippen LogP contribution in [0.25, 0.3) is 16.0 Å². The molecule has 3 aromatic carbocycles. The van der Waals surface area contributed by atoms with Crippen molar-refractivity contribution in [3.8, 4) is 28.7 Å². The molecule has 44 heavy (non-hydrogen) atoms. The van der Waals surface area contributed by atoms with Crippen LogP contribution in [0.4, 0.5) is 5.13 Å². The quantitative estimate of drug-likeness (QED) is 0.0951. The van der Waals surface area contributed by atoms with E-state index in [2.05, 4.69) is 6.92 Å². The Bertz CT molecular complexity index is 1760. The SMILES string of the molecule is CCCCCOc1ccc(C2C(=C(O)c3ccc4c(c3)OCCO4)C(=O)C(=O)N2c2nc3ccc(OC)cc3s2)cc1OC. The molecule has 0 spiro atoms. The second-order valence-corrected chi connectivity index (χ2v) is 11.3. The Kier molecular flexibility index (Phi) is 8.30. The Labute approximate surface area is 258 Å². The molecule has 0 radical (unpaired) electrons. The van der Waals surface area contributed by atoms with E-state index in [4.69, 9.17) is 28.7 Å². The van der Waals surface area contributed by atoms with Crippen LogP contribution in [0.3, 0.4) is 0 Å². The minimum absolute atomic E-state index is 0.0813. The standard InChI is InChI=1S/C33H32N2O8S/c1-4-5-6-13-41-23-11-7-19(16-25(23)40-3)29-28(30(36)20-8-12-24-26(17-20)43-15-14-42-24)31(37)32(38)35(29)33-34-22-10-9-21(39-2)18-27(22)44-33/h7-12,16-18,29,36H,4-6,13-15H2,1-3H3. The number of thiazole rings is 1. The highest BCUT2D eigenvalue weighted by molar-refractivity contribution is 7.22. The van der Waals surface area contributed by atoms with Crippen LogP contribution in [-0.4, -0.2) is 55.8 Å². The molecule has 4 aromatic rings. The second kappa shape index (κ2) is 12.5. The predicted octanol–water partition coefficient (Wildman–Crippen LogP) is 6.28. The van der Waals surface area contributed by atoms with Crippen LogP contribution in [0.5, 0.6) is 28.7 Å². The van der Waals surface area contributed by atoms with E-state index in [1.54, 1.807) is 55.6 Å². The van der Waals surface area contributed by atoms with Crippen LogP contribution >= 0.6 is 11.3 Å².